The molecule has 0 saturated carbocycles. The van der Waals surface area contributed by atoms with Crippen LogP contribution in [0.3, 0.4) is 0 Å². The summed E-state index contributed by atoms with van der Waals surface area (Å²) in [4.78, 5) is 147. The minimum atomic E-state index is -1.23. The van der Waals surface area contributed by atoms with Crippen LogP contribution in [0.25, 0.3) is 11.1 Å². The van der Waals surface area contributed by atoms with E-state index < -0.39 is 119 Å². The molecule has 0 radical (unpaired) electrons. The molecule has 8 atom stereocenters. The van der Waals surface area contributed by atoms with Gasteiger partial charge < -0.3 is 53.6 Å². The first kappa shape index (κ1) is 69.8. The lowest BCUT2D eigenvalue weighted by Crippen LogP contribution is -2.61. The highest BCUT2D eigenvalue weighted by Gasteiger charge is 2.41. The number of hydrogen-bond donors (Lipinski definition) is 11. The summed E-state index contributed by atoms with van der Waals surface area (Å²) < 4.78 is 0.850. The Kier molecular flexibility index (Phi) is 26.3. The fraction of sp³-hybridized carbons (Fsp3) is 0.581. The van der Waals surface area contributed by atoms with Crippen LogP contribution in [-0.4, -0.2) is 132 Å². The number of hydrogen-bond acceptors (Lipinski definition) is 14. The third-order valence-corrected chi connectivity index (χ3v) is 19.0. The number of aryl methyl sites for hydroxylation is 1. The first-order valence-electron chi connectivity index (χ1n) is 30.4. The number of thiophene rings is 2. The maximum Gasteiger partial charge on any atom is 0.279 e. The molecule has 0 spiro atoms. The fourth-order valence-corrected chi connectivity index (χ4v) is 14.1. The minimum absolute atomic E-state index is 0.0218. The van der Waals surface area contributed by atoms with Gasteiger partial charge >= 0.3 is 0 Å². The van der Waals surface area contributed by atoms with Crippen molar-refractivity contribution in [3.05, 3.63) is 76.7 Å². The highest BCUT2D eigenvalue weighted by Crippen LogP contribution is 2.45. The summed E-state index contributed by atoms with van der Waals surface area (Å²) in [6.45, 7) is 16.9. The van der Waals surface area contributed by atoms with Gasteiger partial charge in [-0.15, -0.1) is 22.7 Å². The van der Waals surface area contributed by atoms with Crippen LogP contribution in [0.2, 0.25) is 0 Å². The number of nitrogens with zero attached hydrogens (tertiary/aromatic N) is 1. The van der Waals surface area contributed by atoms with Gasteiger partial charge in [0, 0.05) is 23.4 Å². The summed E-state index contributed by atoms with van der Waals surface area (Å²) in [5, 5.41) is 20.0. The third-order valence-electron chi connectivity index (χ3n) is 15.8. The van der Waals surface area contributed by atoms with Gasteiger partial charge in [0.1, 0.15) is 48.3 Å². The third kappa shape index (κ3) is 19.1. The maximum absolute atomic E-state index is 15.0. The quantitative estimate of drug-likeness (QED) is 0.0978. The monoisotopic (exact) mass is 1350 g/mol. The smallest absolute Gasteiger partial charge is 0.279 e. The number of nitrogens with one attached hydrogen (secondary N) is 9. The molecule has 1 aromatic carbocycles. The lowest BCUT2D eigenvalue weighted by atomic mass is 9.98. The molecule has 13 N–H and O–H groups in total. The van der Waals surface area contributed by atoms with Gasteiger partial charge in [-0.05, 0) is 171 Å². The first-order valence-corrected chi connectivity index (χ1v) is 33.1. The Bertz CT molecular complexity index is 3000. The number of rotatable bonds is 14. The van der Waals surface area contributed by atoms with E-state index in [9.17, 15) is 47.9 Å². The fourth-order valence-electron chi connectivity index (χ4n) is 11.2. The van der Waals surface area contributed by atoms with E-state index in [0.29, 0.717) is 47.4 Å². The molecule has 2 aromatic heterocycles. The number of carbonyl (C=O) groups is 10. The summed E-state index contributed by atoms with van der Waals surface area (Å²) in [7, 11) is 0. The molecule has 22 nitrogen and oxygen atoms in total. The number of allylic oxidation sites excluding steroid dienone is 2. The largest absolute Gasteiger partial charge is 0.343 e. The molecule has 2 aliphatic heterocycles. The predicted octanol–water partition coefficient (Wildman–Crippen LogP) is 4.71. The average Bonchev–Trinajstić information content (AvgIpc) is 3.86. The Hall–Kier alpha value is -6.29. The van der Waals surface area contributed by atoms with Crippen LogP contribution in [0.1, 0.15) is 167 Å². The molecule has 10 amide bonds. The molecular formula is C62H89IN12O10S2. The molecule has 87 heavy (non-hydrogen) atoms. The number of carbonyl (C=O) groups excluding carboxylic acids is 10. The topological polar surface area (TPSA) is 334 Å². The zero-order valence-corrected chi connectivity index (χ0v) is 55.2. The van der Waals surface area contributed by atoms with Crippen LogP contribution >= 0.6 is 45.3 Å². The Labute approximate surface area is 532 Å². The summed E-state index contributed by atoms with van der Waals surface area (Å²) in [5.41, 5.74) is 21.3. The Morgan fingerprint density at radius 3 is 1.60 bits per heavy atom. The molecule has 1 saturated heterocycles. The van der Waals surface area contributed by atoms with Gasteiger partial charge in [0.15, 0.2) is 0 Å². The maximum atomic E-state index is 15.0. The second-order valence-corrected chi connectivity index (χ2v) is 28.5. The number of amides is 10. The number of nitrogens with two attached hydrogens (primary N) is 2. The van der Waals surface area contributed by atoms with E-state index in [1.54, 1.807) is 58.0 Å². The van der Waals surface area contributed by atoms with Crippen molar-refractivity contribution in [3.8, 4) is 0 Å². The second kappa shape index (κ2) is 32.8. The minimum Gasteiger partial charge on any atom is -0.343 e. The van der Waals surface area contributed by atoms with Crippen LogP contribution < -0.4 is 59.5 Å². The van der Waals surface area contributed by atoms with Gasteiger partial charge in [0.05, 0.1) is 12.6 Å². The predicted molar refractivity (Wildman–Crippen MR) is 345 cm³/mol. The van der Waals surface area contributed by atoms with Crippen molar-refractivity contribution in [2.75, 3.05) is 19.6 Å². The van der Waals surface area contributed by atoms with Crippen LogP contribution in [-0.2, 0) is 44.8 Å². The summed E-state index contributed by atoms with van der Waals surface area (Å²) in [6.07, 6.45) is 4.08. The van der Waals surface area contributed by atoms with Crippen molar-refractivity contribution < 1.29 is 47.9 Å². The molecule has 4 heterocycles. The highest BCUT2D eigenvalue weighted by atomic mass is 127. The van der Waals surface area contributed by atoms with Crippen molar-refractivity contribution >= 4 is 115 Å². The summed E-state index contributed by atoms with van der Waals surface area (Å²) in [5.74, 6) is -7.44. The first-order chi connectivity index (χ1) is 41.3. The lowest BCUT2D eigenvalue weighted by Gasteiger charge is -2.32. The normalized spacial score (nSPS) is 24.0. The molecule has 6 rings (SSSR count). The second-order valence-electron chi connectivity index (χ2n) is 24.4. The van der Waals surface area contributed by atoms with Gasteiger partial charge in [0.25, 0.3) is 17.7 Å². The van der Waals surface area contributed by atoms with Gasteiger partial charge in [-0.3, -0.25) is 58.8 Å². The highest BCUT2D eigenvalue weighted by molar-refractivity contribution is 14.1. The Balaban J connectivity index is 1.38. The van der Waals surface area contributed by atoms with Gasteiger partial charge in [-0.25, -0.2) is 0 Å². The number of benzene rings is 1. The molecule has 3 aromatic rings. The van der Waals surface area contributed by atoms with E-state index in [-0.39, 0.29) is 70.0 Å². The SMILES string of the molecule is Cc1sc2cc1C1=C(CCC1)c1cc(sc1I)C(=O)N[C@@H](C(C)C)C(=O)N[C@@H](CCCN)C(=O)N[C@@H](CC(C)C)C(=O)N[C@H](Cc1ccccc1)C(=O)N1CCC[C@H]1C(=O)N[C@@H](C(C)C)C(=O)N[C@@H](CCCN)C(=O)N[C@@H](CC(C)C)C(=O)NNC2=O. The van der Waals surface area contributed by atoms with Crippen molar-refractivity contribution in [3.63, 3.8) is 0 Å². The summed E-state index contributed by atoms with van der Waals surface area (Å²) in [6, 6.07) is 3.36. The zero-order chi connectivity index (χ0) is 63.8. The Morgan fingerprint density at radius 1 is 0.552 bits per heavy atom. The van der Waals surface area contributed by atoms with E-state index in [0.717, 1.165) is 36.5 Å². The number of hydrazine groups is 1. The van der Waals surface area contributed by atoms with Crippen LogP contribution in [0, 0.1) is 33.5 Å². The van der Waals surface area contributed by atoms with Gasteiger partial charge in [-0.1, -0.05) is 85.7 Å². The molecule has 0 unspecified atom stereocenters. The van der Waals surface area contributed by atoms with Gasteiger partial charge in [-0.2, -0.15) is 0 Å². The molecular weight excluding hydrogens is 1260 g/mol. The molecule has 25 heteroatoms. The van der Waals surface area contributed by atoms with Crippen molar-refractivity contribution in [2.45, 2.75) is 188 Å². The van der Waals surface area contributed by atoms with E-state index in [4.69, 9.17) is 11.5 Å². The van der Waals surface area contributed by atoms with Crippen molar-refractivity contribution in [1.29, 1.82) is 0 Å². The molecule has 476 valence electrons. The Morgan fingerprint density at radius 2 is 1.05 bits per heavy atom. The zero-order valence-electron chi connectivity index (χ0n) is 51.5. The molecule has 1 fully saturated rings. The average molecular weight is 1350 g/mol. The van der Waals surface area contributed by atoms with Crippen LogP contribution in [0.5, 0.6) is 0 Å². The summed E-state index contributed by atoms with van der Waals surface area (Å²) >= 11 is 4.74. The van der Waals surface area contributed by atoms with Crippen LogP contribution in [0.4, 0.5) is 0 Å². The van der Waals surface area contributed by atoms with Gasteiger partial charge in [0.2, 0.25) is 41.4 Å². The molecule has 4 bridgehead atoms. The van der Waals surface area contributed by atoms with Crippen molar-refractivity contribution in [1.82, 2.24) is 53.0 Å². The standard InChI is InChI=1S/C62H89IN12O10S2/c1-32(2)27-44-55(78)70-46(29-37-17-11-10-12-18-37)62(85)75-26-16-23-47(75)57(80)71-50(34(5)6)60(83)66-43(22-15-25-65)54(77)69-45(28-33(3)4)56(79)73-74-59(82)49-30-40(36(9)86-49)38-19-13-20-39(38)41-31-48(87-52(41)63)58(81)72-51(35(7)8)61(84)67-42(21-14-24-64)53(76)68-44/h10-12,17-18,30-35,42-47,50-51H,13-16,19-29,64-65H2,1-9H3,(H,66,83)(H,67,84)(H,68,76)(H,69,77)(H,70,78)(H,71,80)(H,72,81)(H,73,79)(H,74,82)/t42-,43-,44-,45-,46+,47-,50-,51-/m0/s1. The van der Waals surface area contributed by atoms with E-state index in [1.807, 2.05) is 46.8 Å². The van der Waals surface area contributed by atoms with E-state index in [2.05, 4.69) is 70.7 Å². The lowest BCUT2D eigenvalue weighted by molar-refractivity contribution is -0.143. The van der Waals surface area contributed by atoms with Crippen molar-refractivity contribution in [2.24, 2.45) is 35.1 Å². The number of halogens is 1. The molecule has 3 aliphatic rings. The van der Waals surface area contributed by atoms with E-state index in [1.165, 1.54) is 27.6 Å². The molecule has 1 aliphatic carbocycles. The van der Waals surface area contributed by atoms with Crippen LogP contribution in [0.15, 0.2) is 42.5 Å². The van der Waals surface area contributed by atoms with E-state index >= 15 is 0 Å². The number of fused-ring (bicyclic) bond motifs is 7.